The molecule has 0 saturated carbocycles. The summed E-state index contributed by atoms with van der Waals surface area (Å²) >= 11 is 0. The normalized spacial score (nSPS) is 13.1. The van der Waals surface area contributed by atoms with Crippen LogP contribution >= 0.6 is 0 Å². The highest BCUT2D eigenvalue weighted by molar-refractivity contribution is 5.82. The molecule has 0 saturated heterocycles. The Labute approximate surface area is 194 Å². The van der Waals surface area contributed by atoms with Gasteiger partial charge in [-0.3, -0.25) is 9.59 Å². The number of carbonyl (C=O) groups is 2. The van der Waals surface area contributed by atoms with Crippen LogP contribution in [0.1, 0.15) is 64.2 Å². The zero-order chi connectivity index (χ0) is 24.2. The molecule has 0 aliphatic carbocycles. The van der Waals surface area contributed by atoms with E-state index in [9.17, 15) is 9.59 Å². The minimum atomic E-state index is -0.506. The third kappa shape index (κ3) is 14.0. The molecule has 0 unspecified atom stereocenters. The topological polar surface area (TPSA) is 197 Å². The average Bonchev–Trinajstić information content (AvgIpc) is 2.79. The van der Waals surface area contributed by atoms with Gasteiger partial charge in [0.1, 0.15) is 0 Å². The van der Waals surface area contributed by atoms with Crippen molar-refractivity contribution in [2.45, 2.75) is 76.3 Å². The summed E-state index contributed by atoms with van der Waals surface area (Å²) in [6.45, 7) is 4.66. The fourth-order valence-corrected chi connectivity index (χ4v) is 3.57. The lowest BCUT2D eigenvalue weighted by molar-refractivity contribution is -0.134. The molecule has 190 valence electrons. The smallest absolute Gasteiger partial charge is 0.239 e. The first-order valence-corrected chi connectivity index (χ1v) is 12.3. The summed E-state index contributed by atoms with van der Waals surface area (Å²) in [5.74, 6) is -0.0677. The summed E-state index contributed by atoms with van der Waals surface area (Å²) in [4.78, 5) is 29.1. The van der Waals surface area contributed by atoms with Gasteiger partial charge in [0.2, 0.25) is 11.8 Å². The largest absolute Gasteiger partial charge is 0.341 e. The Kier molecular flexibility index (Phi) is 19.5. The van der Waals surface area contributed by atoms with E-state index >= 15 is 0 Å². The predicted molar refractivity (Wildman–Crippen MR) is 131 cm³/mol. The predicted octanol–water partition coefficient (Wildman–Crippen LogP) is -0.966. The molecule has 2 atom stereocenters. The highest BCUT2D eigenvalue weighted by Gasteiger charge is 2.22. The van der Waals surface area contributed by atoms with Gasteiger partial charge in [0.25, 0.3) is 0 Å². The molecule has 10 nitrogen and oxygen atoms in total. The first-order valence-electron chi connectivity index (χ1n) is 12.3. The van der Waals surface area contributed by atoms with Gasteiger partial charge in [0, 0.05) is 26.2 Å². The molecular weight excluding hydrogens is 408 g/mol. The number of nitrogens with zero attached hydrogens (tertiary/aromatic N) is 2. The van der Waals surface area contributed by atoms with Gasteiger partial charge in [-0.25, -0.2) is 0 Å². The molecule has 0 aromatic rings. The molecule has 0 heterocycles. The molecule has 12 N–H and O–H groups in total. The van der Waals surface area contributed by atoms with E-state index in [1.165, 1.54) is 0 Å². The van der Waals surface area contributed by atoms with Crippen LogP contribution in [0.5, 0.6) is 0 Å². The number of unbranched alkanes of at least 4 members (excludes halogenated alkanes) is 3. The average molecular weight is 459 g/mol. The molecule has 2 amide bonds. The fourth-order valence-electron chi connectivity index (χ4n) is 3.57. The second-order valence-electron chi connectivity index (χ2n) is 8.42. The van der Waals surface area contributed by atoms with Crippen molar-refractivity contribution in [2.24, 2.45) is 34.4 Å². The molecule has 0 aromatic carbocycles. The Bertz CT molecular complexity index is 439. The first kappa shape index (κ1) is 30.7. The molecule has 0 aromatic heterocycles. The van der Waals surface area contributed by atoms with Crippen molar-refractivity contribution in [3.63, 3.8) is 0 Å². The van der Waals surface area contributed by atoms with E-state index in [0.717, 1.165) is 51.4 Å². The lowest BCUT2D eigenvalue weighted by Gasteiger charge is -2.28. The van der Waals surface area contributed by atoms with Crippen molar-refractivity contribution in [1.82, 2.24) is 9.80 Å². The van der Waals surface area contributed by atoms with Gasteiger partial charge in [-0.1, -0.05) is 12.8 Å². The maximum Gasteiger partial charge on any atom is 0.239 e. The van der Waals surface area contributed by atoms with Crippen LogP contribution in [-0.2, 0) is 9.59 Å². The fraction of sp³-hybridized carbons (Fsp3) is 0.909. The molecule has 0 bridgehead atoms. The number of hydrogen-bond acceptors (Lipinski definition) is 8. The number of hydrogen-bond donors (Lipinski definition) is 6. The summed E-state index contributed by atoms with van der Waals surface area (Å²) < 4.78 is 0. The summed E-state index contributed by atoms with van der Waals surface area (Å²) in [6.07, 6.45) is 7.73. The Morgan fingerprint density at radius 3 is 1.12 bits per heavy atom. The van der Waals surface area contributed by atoms with E-state index in [4.69, 9.17) is 34.4 Å². The van der Waals surface area contributed by atoms with E-state index in [2.05, 4.69) is 0 Å². The minimum Gasteiger partial charge on any atom is -0.341 e. The highest BCUT2D eigenvalue weighted by Crippen LogP contribution is 2.08. The van der Waals surface area contributed by atoms with Gasteiger partial charge in [-0.05, 0) is 77.5 Å². The van der Waals surface area contributed by atoms with Crippen LogP contribution < -0.4 is 34.4 Å². The molecule has 0 radical (unpaired) electrons. The summed E-state index contributed by atoms with van der Waals surface area (Å²) in [7, 11) is 0. The Morgan fingerprint density at radius 1 is 0.500 bits per heavy atom. The van der Waals surface area contributed by atoms with Crippen LogP contribution in [-0.4, -0.2) is 86.1 Å². The molecular formula is C22H50N8O2. The van der Waals surface area contributed by atoms with E-state index < -0.39 is 12.1 Å². The molecule has 0 aliphatic rings. The maximum absolute atomic E-state index is 12.8. The molecule has 10 heteroatoms. The second-order valence-corrected chi connectivity index (χ2v) is 8.42. The van der Waals surface area contributed by atoms with Crippen LogP contribution in [0.4, 0.5) is 0 Å². The summed E-state index contributed by atoms with van der Waals surface area (Å²) in [5, 5.41) is 0. The van der Waals surface area contributed by atoms with Gasteiger partial charge in [0.05, 0.1) is 12.1 Å². The summed E-state index contributed by atoms with van der Waals surface area (Å²) in [5.41, 5.74) is 34.6. The molecule has 0 aliphatic heterocycles. The highest BCUT2D eigenvalue weighted by atomic mass is 16.2. The van der Waals surface area contributed by atoms with E-state index in [1.54, 1.807) is 0 Å². The van der Waals surface area contributed by atoms with Crippen LogP contribution in [0.3, 0.4) is 0 Å². The zero-order valence-electron chi connectivity index (χ0n) is 20.1. The van der Waals surface area contributed by atoms with Gasteiger partial charge < -0.3 is 44.2 Å². The third-order valence-electron chi connectivity index (χ3n) is 5.57. The van der Waals surface area contributed by atoms with Crippen molar-refractivity contribution in [3.05, 3.63) is 0 Å². The van der Waals surface area contributed by atoms with Crippen LogP contribution in [0.2, 0.25) is 0 Å². The zero-order valence-corrected chi connectivity index (χ0v) is 20.1. The van der Waals surface area contributed by atoms with E-state index in [1.807, 2.05) is 9.80 Å². The van der Waals surface area contributed by atoms with Gasteiger partial charge in [-0.2, -0.15) is 0 Å². The van der Waals surface area contributed by atoms with Crippen LogP contribution in [0.25, 0.3) is 0 Å². The van der Waals surface area contributed by atoms with Crippen molar-refractivity contribution < 1.29 is 9.59 Å². The Hall–Kier alpha value is -1.30. The number of rotatable bonds is 21. The molecule has 0 spiro atoms. The van der Waals surface area contributed by atoms with E-state index in [0.29, 0.717) is 65.2 Å². The number of nitrogens with two attached hydrogens (primary N) is 6. The van der Waals surface area contributed by atoms with Gasteiger partial charge in [0.15, 0.2) is 0 Å². The number of carbonyl (C=O) groups excluding carboxylic acids is 2. The first-order chi connectivity index (χ1) is 15.4. The van der Waals surface area contributed by atoms with Crippen LogP contribution in [0.15, 0.2) is 0 Å². The number of amides is 2. The minimum absolute atomic E-state index is 0.0338. The van der Waals surface area contributed by atoms with Gasteiger partial charge >= 0.3 is 0 Å². The standard InChI is InChI=1S/C22H50N8O2/c23-11-3-1-9-19(27)21(31)29(17-7-13-25)15-5-6-16-30(18-8-14-26)22(32)20(28)10-2-4-12-24/h19-20H,1-18,23-28H2/t19-,20-/m0/s1. The lowest BCUT2D eigenvalue weighted by Crippen LogP contribution is -2.46. The maximum atomic E-state index is 12.8. The molecule has 0 fully saturated rings. The van der Waals surface area contributed by atoms with Crippen molar-refractivity contribution in [2.75, 3.05) is 52.4 Å². The van der Waals surface area contributed by atoms with Crippen molar-refractivity contribution in [3.8, 4) is 0 Å². The second kappa shape index (κ2) is 20.3. The third-order valence-corrected chi connectivity index (χ3v) is 5.57. The lowest BCUT2D eigenvalue weighted by atomic mass is 10.1. The van der Waals surface area contributed by atoms with Crippen LogP contribution in [0, 0.1) is 0 Å². The van der Waals surface area contributed by atoms with E-state index in [-0.39, 0.29) is 11.8 Å². The van der Waals surface area contributed by atoms with Crippen molar-refractivity contribution in [1.29, 1.82) is 0 Å². The van der Waals surface area contributed by atoms with Crippen molar-refractivity contribution >= 4 is 11.8 Å². The SMILES string of the molecule is NCCCC[C@H](N)C(=O)N(CCCN)CCCCN(CCCN)C(=O)[C@@H](N)CCCCN. The monoisotopic (exact) mass is 458 g/mol. The quantitative estimate of drug-likeness (QED) is 0.118. The Morgan fingerprint density at radius 2 is 0.812 bits per heavy atom. The summed E-state index contributed by atoms with van der Waals surface area (Å²) in [6, 6.07) is -1.01. The molecule has 32 heavy (non-hydrogen) atoms. The van der Waals surface area contributed by atoms with Gasteiger partial charge in [-0.15, -0.1) is 0 Å². The molecule has 0 rings (SSSR count). The Balaban J connectivity index is 4.68.